The summed E-state index contributed by atoms with van der Waals surface area (Å²) >= 11 is 0. The Morgan fingerprint density at radius 2 is 1.70 bits per heavy atom. The molecule has 3 aromatic rings. The van der Waals surface area contributed by atoms with Crippen LogP contribution >= 0.6 is 0 Å². The number of anilines is 1. The highest BCUT2D eigenvalue weighted by molar-refractivity contribution is 6.48. The highest BCUT2D eigenvalue weighted by Crippen LogP contribution is 2.27. The molecule has 0 radical (unpaired) electrons. The van der Waals surface area contributed by atoms with E-state index in [1.54, 1.807) is 39.0 Å². The van der Waals surface area contributed by atoms with Gasteiger partial charge in [-0.1, -0.05) is 56.2 Å². The molecule has 1 aliphatic rings. The molecule has 2 heterocycles. The zero-order valence-electron chi connectivity index (χ0n) is 26.9. The number of aromatic nitrogens is 3. The number of Topliss-reactive ketones (excluding diaryl/α,β-unsaturated/α-hetero) is 1. The van der Waals surface area contributed by atoms with E-state index in [1.165, 1.54) is 23.0 Å². The van der Waals surface area contributed by atoms with Crippen molar-refractivity contribution in [2.75, 3.05) is 11.9 Å². The van der Waals surface area contributed by atoms with Crippen LogP contribution in [-0.4, -0.2) is 50.2 Å². The summed E-state index contributed by atoms with van der Waals surface area (Å²) in [7, 11) is 0. The first-order chi connectivity index (χ1) is 22.5. The summed E-state index contributed by atoms with van der Waals surface area (Å²) in [5, 5.41) is 5.25. The zero-order chi connectivity index (χ0) is 34.0. The number of unbranched alkanes of at least 4 members (excludes halogenated alkanes) is 1. The molecule has 12 nitrogen and oxygen atoms in total. The average molecular weight is 642 g/mol. The Morgan fingerprint density at radius 3 is 2.38 bits per heavy atom. The van der Waals surface area contributed by atoms with E-state index < -0.39 is 40.8 Å². The van der Waals surface area contributed by atoms with E-state index in [0.29, 0.717) is 17.8 Å². The third-order valence-electron chi connectivity index (χ3n) is 7.12. The summed E-state index contributed by atoms with van der Waals surface area (Å²) in [6.45, 7) is 6.95. The maximum Gasteiger partial charge on any atom is 0.412 e. The van der Waals surface area contributed by atoms with Crippen molar-refractivity contribution in [1.29, 1.82) is 0 Å². The number of nitrogens with zero attached hydrogens (tertiary/aromatic N) is 3. The first kappa shape index (κ1) is 34.5. The highest BCUT2D eigenvalue weighted by atomic mass is 16.6. The van der Waals surface area contributed by atoms with Crippen LogP contribution < -0.4 is 20.9 Å². The lowest BCUT2D eigenvalue weighted by Gasteiger charge is -2.24. The van der Waals surface area contributed by atoms with E-state index in [4.69, 9.17) is 9.47 Å². The fourth-order valence-electron chi connectivity index (χ4n) is 4.89. The lowest BCUT2D eigenvalue weighted by atomic mass is 10.00. The standard InChI is InChI=1S/C35H39N5O7/c1-5-6-14-24(16-19-29(42)37-21-25-28(18-17-27(41)31(25)43)46-30-15-10-11-20-36-30)40-32(23-12-8-7-9-13-23)38-22-26(33(40)44)39-34(45)47-35(2,3)4/h7-13,15,17-18,20,22,24H,5-6,14,16,19,21H2,1-4H3,(H,37,42)(H,39,45). The van der Waals surface area contributed by atoms with Crippen LogP contribution in [-0.2, 0) is 19.1 Å². The van der Waals surface area contributed by atoms with Crippen LogP contribution in [0.3, 0.4) is 0 Å². The first-order valence-corrected chi connectivity index (χ1v) is 15.5. The van der Waals surface area contributed by atoms with E-state index in [9.17, 15) is 24.0 Å². The van der Waals surface area contributed by atoms with Crippen molar-refractivity contribution >= 4 is 29.3 Å². The normalized spacial score (nSPS) is 13.7. The van der Waals surface area contributed by atoms with Crippen molar-refractivity contribution in [3.63, 3.8) is 0 Å². The van der Waals surface area contributed by atoms with Gasteiger partial charge >= 0.3 is 6.09 Å². The van der Waals surface area contributed by atoms with Crippen molar-refractivity contribution in [2.24, 2.45) is 0 Å². The predicted molar refractivity (Wildman–Crippen MR) is 176 cm³/mol. The molecule has 0 saturated heterocycles. The van der Waals surface area contributed by atoms with Gasteiger partial charge < -0.3 is 14.8 Å². The van der Waals surface area contributed by atoms with Gasteiger partial charge in [0.1, 0.15) is 22.9 Å². The van der Waals surface area contributed by atoms with Crippen molar-refractivity contribution in [3.8, 4) is 17.3 Å². The van der Waals surface area contributed by atoms with Crippen molar-refractivity contribution < 1.29 is 28.7 Å². The number of nitrogens with one attached hydrogen (secondary N) is 2. The molecule has 2 amide bonds. The molecule has 1 unspecified atom stereocenters. The van der Waals surface area contributed by atoms with Crippen LogP contribution in [0.5, 0.6) is 5.88 Å². The van der Waals surface area contributed by atoms with E-state index in [1.807, 2.05) is 37.3 Å². The Balaban J connectivity index is 1.57. The van der Waals surface area contributed by atoms with Crippen LogP contribution in [0, 0.1) is 0 Å². The molecule has 1 aliphatic carbocycles. The lowest BCUT2D eigenvalue weighted by Crippen LogP contribution is -2.34. The molecule has 47 heavy (non-hydrogen) atoms. The maximum absolute atomic E-state index is 13.9. The molecule has 0 fully saturated rings. The van der Waals surface area contributed by atoms with Gasteiger partial charge in [-0.05, 0) is 51.8 Å². The van der Waals surface area contributed by atoms with Crippen molar-refractivity contribution in [2.45, 2.75) is 71.4 Å². The van der Waals surface area contributed by atoms with Crippen LogP contribution in [0.1, 0.15) is 65.8 Å². The number of ether oxygens (including phenoxy) is 2. The molecule has 0 aliphatic heterocycles. The zero-order valence-corrected chi connectivity index (χ0v) is 26.9. The summed E-state index contributed by atoms with van der Waals surface area (Å²) in [6, 6.07) is 13.8. The molecule has 246 valence electrons. The second kappa shape index (κ2) is 15.7. The van der Waals surface area contributed by atoms with Gasteiger partial charge in [-0.2, -0.15) is 0 Å². The van der Waals surface area contributed by atoms with E-state index in [-0.39, 0.29) is 42.3 Å². The molecule has 1 aromatic carbocycles. The topological polar surface area (TPSA) is 159 Å². The van der Waals surface area contributed by atoms with Gasteiger partial charge in [0.15, 0.2) is 0 Å². The Bertz CT molecular complexity index is 1720. The second-order valence-corrected chi connectivity index (χ2v) is 11.9. The SMILES string of the molecule is CCCCC(CCC(=O)NCC1=C(Oc2ccccn2)C=CC(=O)C1=O)n1c(-c2ccccc2)ncc(NC(=O)OC(C)(C)C)c1=O. The highest BCUT2D eigenvalue weighted by Gasteiger charge is 2.27. The summed E-state index contributed by atoms with van der Waals surface area (Å²) in [5.41, 5.74) is -0.603. The van der Waals surface area contributed by atoms with E-state index in [2.05, 4.69) is 20.6 Å². The smallest absolute Gasteiger partial charge is 0.412 e. The second-order valence-electron chi connectivity index (χ2n) is 11.9. The van der Waals surface area contributed by atoms with Crippen LogP contribution in [0.25, 0.3) is 11.4 Å². The Morgan fingerprint density at radius 1 is 0.957 bits per heavy atom. The van der Waals surface area contributed by atoms with Gasteiger partial charge in [0.05, 0.1) is 18.3 Å². The number of hydrogen-bond donors (Lipinski definition) is 2. The van der Waals surface area contributed by atoms with Crippen LogP contribution in [0.4, 0.5) is 10.5 Å². The van der Waals surface area contributed by atoms with Gasteiger partial charge in [0, 0.05) is 30.3 Å². The number of amides is 2. The third kappa shape index (κ3) is 9.55. The van der Waals surface area contributed by atoms with Gasteiger partial charge in [-0.3, -0.25) is 29.1 Å². The maximum atomic E-state index is 13.9. The minimum absolute atomic E-state index is 0.000456. The number of ketones is 2. The summed E-state index contributed by atoms with van der Waals surface area (Å²) in [4.78, 5) is 73.1. The average Bonchev–Trinajstić information content (AvgIpc) is 3.04. The van der Waals surface area contributed by atoms with Gasteiger partial charge in [-0.15, -0.1) is 0 Å². The molecule has 1 atom stereocenters. The molecule has 2 aromatic heterocycles. The first-order valence-electron chi connectivity index (χ1n) is 15.5. The fraction of sp³-hybridized carbons (Fsp3) is 0.343. The number of allylic oxidation sites excluding steroid dienone is 2. The van der Waals surface area contributed by atoms with Crippen molar-refractivity contribution in [1.82, 2.24) is 19.9 Å². The minimum atomic E-state index is -0.786. The molecule has 0 spiro atoms. The largest absolute Gasteiger partial charge is 0.444 e. The fourth-order valence-corrected chi connectivity index (χ4v) is 4.89. The number of carbonyl (C=O) groups is 4. The molecular weight excluding hydrogens is 602 g/mol. The summed E-state index contributed by atoms with van der Waals surface area (Å²) in [5.74, 6) is -1.15. The molecule has 0 bridgehead atoms. The van der Waals surface area contributed by atoms with Gasteiger partial charge in [-0.25, -0.2) is 14.8 Å². The molecular formula is C35H39N5O7. The monoisotopic (exact) mass is 641 g/mol. The number of carbonyl (C=O) groups excluding carboxylic acids is 4. The molecule has 4 rings (SSSR count). The minimum Gasteiger partial charge on any atom is -0.444 e. The van der Waals surface area contributed by atoms with Crippen molar-refractivity contribution in [3.05, 3.63) is 94.8 Å². The lowest BCUT2D eigenvalue weighted by molar-refractivity contribution is -0.132. The van der Waals surface area contributed by atoms with Gasteiger partial charge in [0.25, 0.3) is 5.56 Å². The van der Waals surface area contributed by atoms with E-state index >= 15 is 0 Å². The molecule has 0 saturated carbocycles. The Hall–Kier alpha value is -5.39. The predicted octanol–water partition coefficient (Wildman–Crippen LogP) is 5.32. The Kier molecular flexibility index (Phi) is 11.6. The summed E-state index contributed by atoms with van der Waals surface area (Å²) in [6.07, 6.45) is 6.97. The van der Waals surface area contributed by atoms with Crippen LogP contribution in [0.15, 0.2) is 89.2 Å². The number of rotatable bonds is 13. The Labute approximate surface area is 272 Å². The quantitative estimate of drug-likeness (QED) is 0.186. The number of benzene rings is 1. The molecule has 2 N–H and O–H groups in total. The number of pyridine rings is 1. The van der Waals surface area contributed by atoms with Gasteiger partial charge in [0.2, 0.25) is 23.4 Å². The van der Waals surface area contributed by atoms with Crippen LogP contribution in [0.2, 0.25) is 0 Å². The molecule has 12 heteroatoms. The van der Waals surface area contributed by atoms with E-state index in [0.717, 1.165) is 18.9 Å². The number of hydrogen-bond acceptors (Lipinski definition) is 9. The third-order valence-corrected chi connectivity index (χ3v) is 7.12. The summed E-state index contributed by atoms with van der Waals surface area (Å²) < 4.78 is 12.6.